The van der Waals surface area contributed by atoms with Crippen LogP contribution in [0.15, 0.2) is 23.3 Å². The van der Waals surface area contributed by atoms with Crippen molar-refractivity contribution in [2.75, 3.05) is 5.32 Å². The van der Waals surface area contributed by atoms with Gasteiger partial charge in [0.25, 0.3) is 5.56 Å². The Bertz CT molecular complexity index is 950. The van der Waals surface area contributed by atoms with Crippen molar-refractivity contribution in [3.8, 4) is 0 Å². The number of ether oxygens (including phenoxy) is 1. The summed E-state index contributed by atoms with van der Waals surface area (Å²) in [5.74, 6) is -2.48. The van der Waals surface area contributed by atoms with Crippen molar-refractivity contribution in [3.63, 3.8) is 0 Å². The molecule has 1 amide bonds. The second-order valence-corrected chi connectivity index (χ2v) is 7.19. The number of carboxylic acid groups (broad SMARTS) is 1. The molecular formula is C17H21F2N5O5. The Morgan fingerprint density at radius 2 is 2.07 bits per heavy atom. The lowest BCUT2D eigenvalue weighted by atomic mass is 10.2. The fraction of sp³-hybridized carbons (Fsp3) is 0.471. The minimum atomic E-state index is -1.48. The number of carbonyl (C=O) groups is 2. The summed E-state index contributed by atoms with van der Waals surface area (Å²) in [5, 5.41) is 17.8. The van der Waals surface area contributed by atoms with Crippen LogP contribution in [0.1, 0.15) is 37.7 Å². The van der Waals surface area contributed by atoms with E-state index in [1.54, 1.807) is 20.8 Å². The van der Waals surface area contributed by atoms with Crippen LogP contribution >= 0.6 is 0 Å². The number of pyridine rings is 1. The Balaban J connectivity index is 1.97. The standard InChI is InChI=1S/C17H21F2N5O5/c1-17(2,3)29-16(28)20-11-5-7-23(14(25)13(11)19)6-4-10(18)8-24-9-12(15(26)27)21-22-24/h5,7,9-10H,4,6,8H2,1-3H3,(H,20,28)(H,26,27). The number of aromatic nitrogens is 4. The Labute approximate surface area is 164 Å². The lowest BCUT2D eigenvalue weighted by molar-refractivity contribution is 0.0633. The highest BCUT2D eigenvalue weighted by atomic mass is 19.1. The van der Waals surface area contributed by atoms with Gasteiger partial charge in [-0.2, -0.15) is 4.39 Å². The largest absolute Gasteiger partial charge is 0.476 e. The number of hydrogen-bond donors (Lipinski definition) is 2. The molecule has 1 atom stereocenters. The topological polar surface area (TPSA) is 128 Å². The third kappa shape index (κ3) is 6.36. The van der Waals surface area contributed by atoms with Gasteiger partial charge in [0.05, 0.1) is 18.4 Å². The maximum atomic E-state index is 14.2. The molecule has 29 heavy (non-hydrogen) atoms. The molecule has 0 aliphatic heterocycles. The van der Waals surface area contributed by atoms with Crippen molar-refractivity contribution in [1.82, 2.24) is 19.6 Å². The molecule has 0 aliphatic carbocycles. The van der Waals surface area contributed by atoms with Crippen LogP contribution in [-0.2, 0) is 17.8 Å². The summed E-state index contributed by atoms with van der Waals surface area (Å²) < 4.78 is 35.3. The van der Waals surface area contributed by atoms with E-state index < -0.39 is 35.2 Å². The average Bonchev–Trinajstić information content (AvgIpc) is 3.05. The first-order valence-corrected chi connectivity index (χ1v) is 8.62. The molecule has 0 aliphatic rings. The quantitative estimate of drug-likeness (QED) is 0.711. The molecule has 10 nitrogen and oxygen atoms in total. The van der Waals surface area contributed by atoms with Gasteiger partial charge in [0.15, 0.2) is 5.69 Å². The van der Waals surface area contributed by atoms with Gasteiger partial charge in [0.1, 0.15) is 11.8 Å². The molecule has 0 saturated carbocycles. The highest BCUT2D eigenvalue weighted by molar-refractivity contribution is 5.85. The van der Waals surface area contributed by atoms with Gasteiger partial charge in [-0.3, -0.25) is 10.1 Å². The third-order valence-electron chi connectivity index (χ3n) is 3.57. The fourth-order valence-corrected chi connectivity index (χ4v) is 2.29. The van der Waals surface area contributed by atoms with Gasteiger partial charge < -0.3 is 14.4 Å². The predicted octanol–water partition coefficient (Wildman–Crippen LogP) is 2.05. The Kier molecular flexibility index (Phi) is 6.67. The molecular weight excluding hydrogens is 392 g/mol. The summed E-state index contributed by atoms with van der Waals surface area (Å²) in [4.78, 5) is 34.5. The zero-order valence-electron chi connectivity index (χ0n) is 16.1. The average molecular weight is 413 g/mol. The number of carbonyl (C=O) groups excluding carboxylic acids is 1. The maximum Gasteiger partial charge on any atom is 0.412 e. The number of halogens is 2. The first-order chi connectivity index (χ1) is 13.5. The van der Waals surface area contributed by atoms with E-state index in [4.69, 9.17) is 9.84 Å². The van der Waals surface area contributed by atoms with Crippen molar-refractivity contribution in [2.24, 2.45) is 0 Å². The zero-order valence-corrected chi connectivity index (χ0v) is 16.1. The van der Waals surface area contributed by atoms with E-state index in [1.165, 1.54) is 12.3 Å². The molecule has 0 radical (unpaired) electrons. The van der Waals surface area contributed by atoms with Gasteiger partial charge in [0, 0.05) is 12.7 Å². The van der Waals surface area contributed by atoms with Gasteiger partial charge >= 0.3 is 12.1 Å². The Morgan fingerprint density at radius 1 is 1.38 bits per heavy atom. The monoisotopic (exact) mass is 413 g/mol. The molecule has 2 aromatic rings. The SMILES string of the molecule is CC(C)(C)OC(=O)Nc1ccn(CCC(F)Cn2cc(C(=O)O)nn2)c(=O)c1F. The molecule has 2 rings (SSSR count). The van der Waals surface area contributed by atoms with Crippen LogP contribution in [-0.4, -0.2) is 48.5 Å². The van der Waals surface area contributed by atoms with E-state index in [2.05, 4.69) is 15.6 Å². The summed E-state index contributed by atoms with van der Waals surface area (Å²) >= 11 is 0. The number of carboxylic acids is 1. The minimum Gasteiger partial charge on any atom is -0.476 e. The summed E-state index contributed by atoms with van der Waals surface area (Å²) in [6.45, 7) is 4.50. The number of alkyl halides is 1. The van der Waals surface area contributed by atoms with Crippen LogP contribution in [0.4, 0.5) is 19.3 Å². The second-order valence-electron chi connectivity index (χ2n) is 7.19. The molecule has 158 valence electrons. The van der Waals surface area contributed by atoms with E-state index in [0.29, 0.717) is 0 Å². The summed E-state index contributed by atoms with van der Waals surface area (Å²) in [5.41, 5.74) is -2.48. The minimum absolute atomic E-state index is 0.135. The molecule has 0 aromatic carbocycles. The molecule has 2 aromatic heterocycles. The smallest absolute Gasteiger partial charge is 0.412 e. The number of nitrogens with zero attached hydrogens (tertiary/aromatic N) is 4. The van der Waals surface area contributed by atoms with E-state index in [9.17, 15) is 23.2 Å². The molecule has 2 heterocycles. The first-order valence-electron chi connectivity index (χ1n) is 8.62. The van der Waals surface area contributed by atoms with Crippen molar-refractivity contribution in [3.05, 3.63) is 40.3 Å². The van der Waals surface area contributed by atoms with E-state index in [0.717, 1.165) is 15.4 Å². The molecule has 0 saturated heterocycles. The lowest BCUT2D eigenvalue weighted by Crippen LogP contribution is -2.30. The van der Waals surface area contributed by atoms with Crippen LogP contribution in [0.5, 0.6) is 0 Å². The normalized spacial score (nSPS) is 12.4. The number of amides is 1. The Hall–Kier alpha value is -3.31. The van der Waals surface area contributed by atoms with Crippen molar-refractivity contribution in [1.29, 1.82) is 0 Å². The zero-order chi connectivity index (χ0) is 21.8. The number of anilines is 1. The number of aromatic carboxylic acids is 1. The van der Waals surface area contributed by atoms with Gasteiger partial charge in [-0.15, -0.1) is 5.10 Å². The van der Waals surface area contributed by atoms with Crippen molar-refractivity contribution >= 4 is 17.7 Å². The molecule has 1 unspecified atom stereocenters. The molecule has 2 N–H and O–H groups in total. The first kappa shape index (κ1) is 22.0. The van der Waals surface area contributed by atoms with Crippen molar-refractivity contribution < 1.29 is 28.2 Å². The fourth-order valence-electron chi connectivity index (χ4n) is 2.29. The summed E-state index contributed by atoms with van der Waals surface area (Å²) in [6.07, 6.45) is -0.236. The number of hydrogen-bond acceptors (Lipinski definition) is 6. The van der Waals surface area contributed by atoms with Crippen LogP contribution in [0.25, 0.3) is 0 Å². The predicted molar refractivity (Wildman–Crippen MR) is 97.0 cm³/mol. The Morgan fingerprint density at radius 3 is 2.66 bits per heavy atom. The van der Waals surface area contributed by atoms with Crippen LogP contribution < -0.4 is 10.9 Å². The summed E-state index contributed by atoms with van der Waals surface area (Å²) in [7, 11) is 0. The number of nitrogens with one attached hydrogen (secondary N) is 1. The van der Waals surface area contributed by atoms with Crippen molar-refractivity contribution in [2.45, 2.75) is 52.1 Å². The van der Waals surface area contributed by atoms with Crippen LogP contribution in [0.3, 0.4) is 0 Å². The highest BCUT2D eigenvalue weighted by Crippen LogP contribution is 2.13. The van der Waals surface area contributed by atoms with Crippen LogP contribution in [0, 0.1) is 5.82 Å². The van der Waals surface area contributed by atoms with Gasteiger partial charge in [-0.05, 0) is 33.3 Å². The third-order valence-corrected chi connectivity index (χ3v) is 3.57. The molecule has 0 fully saturated rings. The van der Waals surface area contributed by atoms with Gasteiger partial charge in [-0.1, -0.05) is 5.21 Å². The van der Waals surface area contributed by atoms with Crippen LogP contribution in [0.2, 0.25) is 0 Å². The molecule has 0 bridgehead atoms. The second kappa shape index (κ2) is 8.80. The number of aryl methyl sites for hydroxylation is 1. The van der Waals surface area contributed by atoms with Gasteiger partial charge in [0.2, 0.25) is 5.82 Å². The molecule has 12 heteroatoms. The molecule has 0 spiro atoms. The van der Waals surface area contributed by atoms with E-state index >= 15 is 0 Å². The number of rotatable bonds is 7. The maximum absolute atomic E-state index is 14.2. The van der Waals surface area contributed by atoms with Gasteiger partial charge in [-0.25, -0.2) is 18.7 Å². The van der Waals surface area contributed by atoms with E-state index in [1.807, 2.05) is 0 Å². The van der Waals surface area contributed by atoms with E-state index in [-0.39, 0.29) is 30.9 Å². The lowest BCUT2D eigenvalue weighted by Gasteiger charge is -2.20. The highest BCUT2D eigenvalue weighted by Gasteiger charge is 2.19. The summed E-state index contributed by atoms with van der Waals surface area (Å²) in [6, 6.07) is 1.17.